The van der Waals surface area contributed by atoms with Gasteiger partial charge in [-0.2, -0.15) is 0 Å². The van der Waals surface area contributed by atoms with Crippen molar-refractivity contribution in [3.8, 4) is 11.1 Å². The highest BCUT2D eigenvalue weighted by Crippen LogP contribution is 2.23. The molecule has 4 N–H and O–H groups in total. The van der Waals surface area contributed by atoms with Crippen molar-refractivity contribution >= 4 is 11.5 Å². The molecule has 0 saturated heterocycles. The predicted octanol–water partition coefficient (Wildman–Crippen LogP) is 2.05. The molecule has 2 rings (SSSR count). The number of nitrogens with zero attached hydrogens (tertiary/aromatic N) is 1. The molecule has 0 atom stereocenters. The van der Waals surface area contributed by atoms with Crippen LogP contribution in [0.2, 0.25) is 0 Å². The summed E-state index contributed by atoms with van der Waals surface area (Å²) in [5, 5.41) is 0. The van der Waals surface area contributed by atoms with Crippen LogP contribution in [-0.2, 0) is 0 Å². The number of nitrogens with two attached hydrogens (primary N) is 2. The van der Waals surface area contributed by atoms with Crippen LogP contribution in [0.1, 0.15) is 0 Å². The average Bonchev–Trinajstić information content (AvgIpc) is 2.20. The van der Waals surface area contributed by atoms with Crippen molar-refractivity contribution < 1.29 is 4.39 Å². The highest BCUT2D eigenvalue weighted by Gasteiger charge is 2.05. The summed E-state index contributed by atoms with van der Waals surface area (Å²) in [5.41, 5.74) is 12.4. The van der Waals surface area contributed by atoms with Crippen molar-refractivity contribution in [2.45, 2.75) is 0 Å². The molecule has 76 valence electrons. The van der Waals surface area contributed by atoms with Crippen LogP contribution in [0.25, 0.3) is 11.1 Å². The van der Waals surface area contributed by atoms with Crippen LogP contribution < -0.4 is 11.5 Å². The monoisotopic (exact) mass is 203 g/mol. The SMILES string of the molecule is Nc1ccc(-c2ccc(N)nc2)c(F)c1. The maximum absolute atomic E-state index is 13.5. The quantitative estimate of drug-likeness (QED) is 0.697. The Hall–Kier alpha value is -2.10. The largest absolute Gasteiger partial charge is 0.399 e. The molecule has 0 radical (unpaired) electrons. The molecule has 0 saturated carbocycles. The smallest absolute Gasteiger partial charge is 0.133 e. The van der Waals surface area contributed by atoms with Crippen LogP contribution in [0, 0.1) is 5.82 Å². The maximum Gasteiger partial charge on any atom is 0.133 e. The minimum Gasteiger partial charge on any atom is -0.399 e. The fourth-order valence-electron chi connectivity index (χ4n) is 1.33. The van der Waals surface area contributed by atoms with Crippen LogP contribution in [0.5, 0.6) is 0 Å². The average molecular weight is 203 g/mol. The third kappa shape index (κ3) is 1.88. The van der Waals surface area contributed by atoms with Gasteiger partial charge in [0.15, 0.2) is 0 Å². The van der Waals surface area contributed by atoms with Crippen molar-refractivity contribution in [1.29, 1.82) is 0 Å². The van der Waals surface area contributed by atoms with E-state index in [0.717, 1.165) is 0 Å². The van der Waals surface area contributed by atoms with Crippen molar-refractivity contribution in [3.63, 3.8) is 0 Å². The van der Waals surface area contributed by atoms with Gasteiger partial charge >= 0.3 is 0 Å². The molecular weight excluding hydrogens is 193 g/mol. The second-order valence-electron chi connectivity index (χ2n) is 3.21. The second-order valence-corrected chi connectivity index (χ2v) is 3.21. The van der Waals surface area contributed by atoms with Gasteiger partial charge in [-0.15, -0.1) is 0 Å². The minimum absolute atomic E-state index is 0.360. The first kappa shape index (κ1) is 9.45. The number of hydrogen-bond donors (Lipinski definition) is 2. The van der Waals surface area contributed by atoms with Crippen LogP contribution in [0.3, 0.4) is 0 Å². The van der Waals surface area contributed by atoms with E-state index in [1.54, 1.807) is 24.3 Å². The Morgan fingerprint density at radius 2 is 1.87 bits per heavy atom. The van der Waals surface area contributed by atoms with E-state index in [0.29, 0.717) is 22.6 Å². The molecule has 0 aliphatic heterocycles. The van der Waals surface area contributed by atoms with Crippen LogP contribution >= 0.6 is 0 Å². The van der Waals surface area contributed by atoms with Gasteiger partial charge in [-0.05, 0) is 30.3 Å². The zero-order valence-electron chi connectivity index (χ0n) is 7.94. The summed E-state index contributed by atoms with van der Waals surface area (Å²) in [6, 6.07) is 7.90. The summed E-state index contributed by atoms with van der Waals surface area (Å²) in [5.74, 6) is 0.0520. The summed E-state index contributed by atoms with van der Waals surface area (Å²) in [7, 11) is 0. The molecule has 2 aromatic rings. The Kier molecular flexibility index (Phi) is 2.25. The molecule has 0 spiro atoms. The van der Waals surface area contributed by atoms with E-state index in [-0.39, 0.29) is 5.82 Å². The Morgan fingerprint density at radius 3 is 2.47 bits per heavy atom. The fourth-order valence-corrected chi connectivity index (χ4v) is 1.33. The first-order valence-corrected chi connectivity index (χ1v) is 4.44. The third-order valence-corrected chi connectivity index (χ3v) is 2.09. The highest BCUT2D eigenvalue weighted by atomic mass is 19.1. The third-order valence-electron chi connectivity index (χ3n) is 2.09. The minimum atomic E-state index is -0.360. The van der Waals surface area contributed by atoms with Crippen LogP contribution in [-0.4, -0.2) is 4.98 Å². The lowest BCUT2D eigenvalue weighted by molar-refractivity contribution is 0.632. The summed E-state index contributed by atoms with van der Waals surface area (Å²) in [4.78, 5) is 3.90. The summed E-state index contributed by atoms with van der Waals surface area (Å²) in [6.45, 7) is 0. The topological polar surface area (TPSA) is 64.9 Å². The molecule has 0 bridgehead atoms. The molecule has 0 amide bonds. The van der Waals surface area contributed by atoms with E-state index in [1.807, 2.05) is 0 Å². The Bertz CT molecular complexity index is 480. The molecule has 1 heterocycles. The van der Waals surface area contributed by atoms with Gasteiger partial charge in [-0.3, -0.25) is 0 Å². The first-order valence-electron chi connectivity index (χ1n) is 4.44. The zero-order chi connectivity index (χ0) is 10.8. The molecule has 1 aromatic carbocycles. The Labute approximate surface area is 86.6 Å². The summed E-state index contributed by atoms with van der Waals surface area (Å²) in [6.07, 6.45) is 1.53. The Morgan fingerprint density at radius 1 is 1.07 bits per heavy atom. The Balaban J connectivity index is 2.49. The number of pyridine rings is 1. The van der Waals surface area contributed by atoms with E-state index in [1.165, 1.54) is 12.3 Å². The van der Waals surface area contributed by atoms with Gasteiger partial charge in [-0.25, -0.2) is 9.37 Å². The predicted molar refractivity (Wildman–Crippen MR) is 58.5 cm³/mol. The van der Waals surface area contributed by atoms with Gasteiger partial charge in [0.05, 0.1) is 0 Å². The fraction of sp³-hybridized carbons (Fsp3) is 0. The molecule has 15 heavy (non-hydrogen) atoms. The molecule has 3 nitrogen and oxygen atoms in total. The van der Waals surface area contributed by atoms with E-state index >= 15 is 0 Å². The number of hydrogen-bond acceptors (Lipinski definition) is 3. The lowest BCUT2D eigenvalue weighted by Gasteiger charge is -2.04. The first-order chi connectivity index (χ1) is 7.16. The molecular formula is C11H10FN3. The van der Waals surface area contributed by atoms with E-state index in [2.05, 4.69) is 4.98 Å². The number of anilines is 2. The standard InChI is InChI=1S/C11H10FN3/c12-10-5-8(13)2-3-9(10)7-1-4-11(14)15-6-7/h1-6H,13H2,(H2,14,15). The van der Waals surface area contributed by atoms with Crippen molar-refractivity contribution in [1.82, 2.24) is 4.98 Å². The normalized spacial score (nSPS) is 10.2. The van der Waals surface area contributed by atoms with Gasteiger partial charge in [0.2, 0.25) is 0 Å². The van der Waals surface area contributed by atoms with Gasteiger partial charge < -0.3 is 11.5 Å². The zero-order valence-corrected chi connectivity index (χ0v) is 7.94. The van der Waals surface area contributed by atoms with Crippen molar-refractivity contribution in [2.75, 3.05) is 11.5 Å². The van der Waals surface area contributed by atoms with E-state index in [9.17, 15) is 4.39 Å². The maximum atomic E-state index is 13.5. The lowest BCUT2D eigenvalue weighted by atomic mass is 10.1. The number of benzene rings is 1. The van der Waals surface area contributed by atoms with E-state index < -0.39 is 0 Å². The number of aromatic nitrogens is 1. The molecule has 0 aliphatic carbocycles. The molecule has 0 aliphatic rings. The molecule has 0 unspecified atom stereocenters. The van der Waals surface area contributed by atoms with Crippen LogP contribution in [0.4, 0.5) is 15.9 Å². The molecule has 0 fully saturated rings. The van der Waals surface area contributed by atoms with Crippen molar-refractivity contribution in [3.05, 3.63) is 42.3 Å². The van der Waals surface area contributed by atoms with Crippen molar-refractivity contribution in [2.24, 2.45) is 0 Å². The second kappa shape index (κ2) is 3.57. The number of nitrogen functional groups attached to an aromatic ring is 2. The lowest BCUT2D eigenvalue weighted by Crippen LogP contribution is -1.92. The summed E-state index contributed by atoms with van der Waals surface area (Å²) >= 11 is 0. The van der Waals surface area contributed by atoms with Gasteiger partial charge in [0.25, 0.3) is 0 Å². The van der Waals surface area contributed by atoms with E-state index in [4.69, 9.17) is 11.5 Å². The summed E-state index contributed by atoms with van der Waals surface area (Å²) < 4.78 is 13.5. The molecule has 1 aromatic heterocycles. The van der Waals surface area contributed by atoms with Crippen LogP contribution in [0.15, 0.2) is 36.5 Å². The highest BCUT2D eigenvalue weighted by molar-refractivity contribution is 5.66. The number of halogens is 1. The van der Waals surface area contributed by atoms with Gasteiger partial charge in [-0.1, -0.05) is 0 Å². The molecule has 4 heteroatoms. The number of rotatable bonds is 1. The van der Waals surface area contributed by atoms with Gasteiger partial charge in [0.1, 0.15) is 11.6 Å². The van der Waals surface area contributed by atoms with Gasteiger partial charge in [0, 0.05) is 23.0 Å².